The highest BCUT2D eigenvalue weighted by Crippen LogP contribution is 2.36. The summed E-state index contributed by atoms with van der Waals surface area (Å²) in [5.74, 6) is -2.48. The van der Waals surface area contributed by atoms with Crippen LogP contribution in [-0.4, -0.2) is 49.4 Å². The maximum absolute atomic E-state index is 14.7. The predicted octanol–water partition coefficient (Wildman–Crippen LogP) is 8.59. The van der Waals surface area contributed by atoms with Gasteiger partial charge in [0.1, 0.15) is 24.7 Å². The first-order chi connectivity index (χ1) is 27.7. The first-order valence-electron chi connectivity index (χ1n) is 19.6. The third kappa shape index (κ3) is 8.66. The molecule has 0 bridgehead atoms. The van der Waals surface area contributed by atoms with Crippen molar-refractivity contribution in [3.63, 3.8) is 0 Å². The van der Waals surface area contributed by atoms with Gasteiger partial charge in [-0.05, 0) is 110 Å². The molecule has 7 rings (SSSR count). The number of unbranched alkanes of at least 4 members (excludes halogenated alkanes) is 2. The zero-order chi connectivity index (χ0) is 41.4. The number of sulfone groups is 2. The van der Waals surface area contributed by atoms with Gasteiger partial charge in [-0.1, -0.05) is 56.2 Å². The maximum atomic E-state index is 14.7. The van der Waals surface area contributed by atoms with Crippen LogP contribution >= 0.6 is 0 Å². The average Bonchev–Trinajstić information content (AvgIpc) is 3.91. The number of nitrogens with zero attached hydrogens (tertiary/aromatic N) is 2. The van der Waals surface area contributed by atoms with Crippen molar-refractivity contribution in [3.8, 4) is 0 Å². The Balaban J connectivity index is 1.13. The monoisotopic (exact) mass is 828 g/mol. The first kappa shape index (κ1) is 41.0. The molecule has 0 unspecified atom stereocenters. The Kier molecular flexibility index (Phi) is 11.8. The number of halogens is 2. The van der Waals surface area contributed by atoms with Crippen LogP contribution in [0.4, 0.5) is 8.78 Å². The number of carbonyl (C=O) groups excluding carboxylic acids is 2. The molecule has 1 saturated carbocycles. The largest absolute Gasteiger partial charge is 0.390 e. The molecule has 1 aliphatic carbocycles. The molecular weight excluding hydrogens is 783 g/mol. The molecule has 0 N–H and O–H groups in total. The molecule has 6 aromatic rings. The zero-order valence-electron chi connectivity index (χ0n) is 32.8. The summed E-state index contributed by atoms with van der Waals surface area (Å²) in [5, 5.41) is 1.02. The van der Waals surface area contributed by atoms with Crippen molar-refractivity contribution in [2.24, 2.45) is 5.92 Å². The molecule has 58 heavy (non-hydrogen) atoms. The second kappa shape index (κ2) is 16.6. The molecule has 0 saturated heterocycles. The molecule has 4 aromatic carbocycles. The van der Waals surface area contributed by atoms with Gasteiger partial charge in [-0.25, -0.2) is 35.2 Å². The van der Waals surface area contributed by atoms with E-state index in [1.165, 1.54) is 36.4 Å². The van der Waals surface area contributed by atoms with E-state index in [4.69, 9.17) is 4.74 Å². The first-order valence-corrected chi connectivity index (χ1v) is 22.9. The molecule has 9 nitrogen and oxygen atoms in total. The van der Waals surface area contributed by atoms with Gasteiger partial charge in [0.25, 0.3) is 0 Å². The smallest absolute Gasteiger partial charge is 0.333 e. The zero-order valence-corrected chi connectivity index (χ0v) is 34.4. The molecule has 2 heterocycles. The van der Waals surface area contributed by atoms with E-state index in [0.717, 1.165) is 25.7 Å². The Labute approximate surface area is 337 Å². The third-order valence-corrected chi connectivity index (χ3v) is 15.0. The van der Waals surface area contributed by atoms with E-state index < -0.39 is 43.2 Å². The van der Waals surface area contributed by atoms with E-state index in [1.807, 2.05) is 6.92 Å². The van der Waals surface area contributed by atoms with Gasteiger partial charge in [0.05, 0.1) is 21.3 Å². The second-order valence-corrected chi connectivity index (χ2v) is 19.4. The fourth-order valence-corrected chi connectivity index (χ4v) is 11.6. The molecular formula is C45H46F2N2O7S2. The van der Waals surface area contributed by atoms with Crippen molar-refractivity contribution in [1.29, 1.82) is 0 Å². The van der Waals surface area contributed by atoms with Gasteiger partial charge in [-0.15, -0.1) is 0 Å². The Morgan fingerprint density at radius 2 is 1.14 bits per heavy atom. The Bertz CT molecular complexity index is 2780. The molecule has 0 aliphatic heterocycles. The van der Waals surface area contributed by atoms with Crippen LogP contribution in [0.5, 0.6) is 0 Å². The standard InChI is InChI=1S/C45H46F2N2O7S2/c1-4-5-10-21-57(52,53)42-13-8-6-11-32(42)22-36-29(2)48(40-19-17-34(46)24-38(36)40)26-44(50)56-45(51)27-49-30(3)37(39-25-35(47)18-20-41(39)49)23-33-12-7-9-14-43(33)58(54,55)28-31-15-16-31/h6-9,11-14,17-20,24-25,31H,4-5,10,15-16,21-23,26-28H2,1-3H3. The van der Waals surface area contributed by atoms with Crippen LogP contribution in [0.15, 0.2) is 94.7 Å². The Morgan fingerprint density at radius 1 is 0.672 bits per heavy atom. The van der Waals surface area contributed by atoms with Gasteiger partial charge in [0, 0.05) is 46.0 Å². The van der Waals surface area contributed by atoms with Crippen molar-refractivity contribution in [2.45, 2.75) is 88.6 Å². The number of esters is 2. The van der Waals surface area contributed by atoms with Crippen molar-refractivity contribution < 1.29 is 39.9 Å². The number of aromatic nitrogens is 2. The highest BCUT2D eigenvalue weighted by atomic mass is 32.2. The van der Waals surface area contributed by atoms with Gasteiger partial charge in [0.2, 0.25) is 0 Å². The number of hydrogen-bond acceptors (Lipinski definition) is 7. The summed E-state index contributed by atoms with van der Waals surface area (Å²) in [5.41, 5.74) is 4.61. The minimum Gasteiger partial charge on any atom is -0.390 e. The van der Waals surface area contributed by atoms with Gasteiger partial charge in [-0.3, -0.25) is 0 Å². The summed E-state index contributed by atoms with van der Waals surface area (Å²) < 4.78 is 91.5. The summed E-state index contributed by atoms with van der Waals surface area (Å²) in [4.78, 5) is 27.4. The summed E-state index contributed by atoms with van der Waals surface area (Å²) in [6.45, 7) is 4.75. The number of fused-ring (bicyclic) bond motifs is 2. The van der Waals surface area contributed by atoms with E-state index in [0.29, 0.717) is 61.9 Å². The van der Waals surface area contributed by atoms with Crippen LogP contribution in [0, 0.1) is 31.4 Å². The normalized spacial score (nSPS) is 13.4. The quantitative estimate of drug-likeness (QED) is 0.0545. The summed E-state index contributed by atoms with van der Waals surface area (Å²) in [7, 11) is -7.15. The highest BCUT2D eigenvalue weighted by molar-refractivity contribution is 7.91. The SMILES string of the molecule is CCCCCS(=O)(=O)c1ccccc1Cc1c(C)n(CC(=O)OC(=O)Cn2c(C)c(Cc3ccccc3S(=O)(=O)CC3CC3)c3cc(F)ccc32)c2ccc(F)cc12. The molecule has 1 fully saturated rings. The summed E-state index contributed by atoms with van der Waals surface area (Å²) in [6.07, 6.45) is 4.32. The average molecular weight is 829 g/mol. The minimum atomic E-state index is -3.59. The van der Waals surface area contributed by atoms with Crippen LogP contribution in [0.1, 0.15) is 72.7 Å². The summed E-state index contributed by atoms with van der Waals surface area (Å²) in [6, 6.07) is 21.9. The van der Waals surface area contributed by atoms with Crippen molar-refractivity contribution in [3.05, 3.63) is 130 Å². The van der Waals surface area contributed by atoms with Gasteiger partial charge < -0.3 is 13.9 Å². The van der Waals surface area contributed by atoms with Crippen LogP contribution < -0.4 is 0 Å². The fourth-order valence-electron chi connectivity index (χ4n) is 7.98. The highest BCUT2D eigenvalue weighted by Gasteiger charge is 2.31. The molecule has 13 heteroatoms. The van der Waals surface area contributed by atoms with Crippen molar-refractivity contribution in [1.82, 2.24) is 9.13 Å². The van der Waals surface area contributed by atoms with Crippen LogP contribution in [-0.2, 0) is 59.9 Å². The number of ether oxygens (including phenoxy) is 1. The molecule has 0 atom stereocenters. The molecule has 1 aliphatic rings. The molecule has 2 aromatic heterocycles. The minimum absolute atomic E-state index is 0.0161. The van der Waals surface area contributed by atoms with Crippen molar-refractivity contribution >= 4 is 53.4 Å². The lowest BCUT2D eigenvalue weighted by molar-refractivity contribution is -0.160. The van der Waals surface area contributed by atoms with E-state index in [1.54, 1.807) is 71.5 Å². The lowest BCUT2D eigenvalue weighted by Crippen LogP contribution is -2.22. The molecule has 0 amide bonds. The molecule has 304 valence electrons. The van der Waals surface area contributed by atoms with E-state index >= 15 is 0 Å². The topological polar surface area (TPSA) is 122 Å². The van der Waals surface area contributed by atoms with Crippen LogP contribution in [0.25, 0.3) is 21.8 Å². The van der Waals surface area contributed by atoms with E-state index in [2.05, 4.69) is 0 Å². The Hall–Kier alpha value is -5.14. The third-order valence-electron chi connectivity index (χ3n) is 11.2. The number of hydrogen-bond donors (Lipinski definition) is 0. The number of rotatable bonds is 16. The number of benzene rings is 4. The lowest BCUT2D eigenvalue weighted by atomic mass is 10.0. The summed E-state index contributed by atoms with van der Waals surface area (Å²) >= 11 is 0. The molecule has 0 radical (unpaired) electrons. The van der Waals surface area contributed by atoms with Gasteiger partial charge in [-0.2, -0.15) is 0 Å². The fraction of sp³-hybridized carbons (Fsp3) is 0.333. The second-order valence-electron chi connectivity index (χ2n) is 15.3. The van der Waals surface area contributed by atoms with Crippen LogP contribution in [0.2, 0.25) is 0 Å². The van der Waals surface area contributed by atoms with Crippen LogP contribution in [0.3, 0.4) is 0 Å². The maximum Gasteiger partial charge on any atom is 0.333 e. The van der Waals surface area contributed by atoms with E-state index in [9.17, 15) is 35.2 Å². The Morgan fingerprint density at radius 3 is 1.60 bits per heavy atom. The van der Waals surface area contributed by atoms with Gasteiger partial charge in [0.15, 0.2) is 19.7 Å². The molecule has 0 spiro atoms. The van der Waals surface area contributed by atoms with E-state index in [-0.39, 0.29) is 53.1 Å². The number of carbonyl (C=O) groups is 2. The predicted molar refractivity (Wildman–Crippen MR) is 219 cm³/mol. The van der Waals surface area contributed by atoms with Gasteiger partial charge >= 0.3 is 11.9 Å². The van der Waals surface area contributed by atoms with Crippen molar-refractivity contribution in [2.75, 3.05) is 11.5 Å². The lowest BCUT2D eigenvalue weighted by Gasteiger charge is -2.12.